The van der Waals surface area contributed by atoms with E-state index in [-0.39, 0.29) is 31.3 Å². The molecular weight excluding hydrogens is 418 g/mol. The van der Waals surface area contributed by atoms with Gasteiger partial charge in [-0.3, -0.25) is 4.57 Å². The van der Waals surface area contributed by atoms with E-state index in [9.17, 15) is 13.9 Å². The van der Waals surface area contributed by atoms with Crippen LogP contribution in [-0.4, -0.2) is 50.0 Å². The van der Waals surface area contributed by atoms with E-state index in [1.54, 1.807) is 6.20 Å². The predicted octanol–water partition coefficient (Wildman–Crippen LogP) is 4.16. The molecule has 1 unspecified atom stereocenters. The fourth-order valence-electron chi connectivity index (χ4n) is 4.25. The number of imidazole rings is 1. The lowest BCUT2D eigenvalue weighted by molar-refractivity contribution is 0.126. The molecule has 32 heavy (non-hydrogen) atoms. The van der Waals surface area contributed by atoms with Crippen LogP contribution in [0.1, 0.15) is 45.6 Å². The molecule has 5 rings (SSSR count). The molecule has 8 nitrogen and oxygen atoms in total. The third-order valence-electron chi connectivity index (χ3n) is 5.93. The van der Waals surface area contributed by atoms with Gasteiger partial charge in [0.1, 0.15) is 22.8 Å². The number of hydrogen-bond acceptors (Lipinski definition) is 7. The topological polar surface area (TPSA) is 97.1 Å². The lowest BCUT2D eigenvalue weighted by atomic mass is 9.93. The Morgan fingerprint density at radius 1 is 1.06 bits per heavy atom. The molecule has 0 amide bonds. The average Bonchev–Trinajstić information content (AvgIpc) is 3.39. The molecule has 1 saturated carbocycles. The van der Waals surface area contributed by atoms with Gasteiger partial charge in [-0.25, -0.2) is 18.7 Å². The molecule has 10 heteroatoms. The summed E-state index contributed by atoms with van der Waals surface area (Å²) < 4.78 is 35.8. The summed E-state index contributed by atoms with van der Waals surface area (Å²) in [4.78, 5) is 13.6. The van der Waals surface area contributed by atoms with Gasteiger partial charge in [0.15, 0.2) is 5.65 Å². The molecule has 3 heterocycles. The Balaban J connectivity index is 0.00000245. The molecule has 3 aromatic rings. The first-order valence-corrected chi connectivity index (χ1v) is 10.6. The first-order chi connectivity index (χ1) is 15.1. The van der Waals surface area contributed by atoms with E-state index < -0.39 is 11.6 Å². The molecule has 1 saturated heterocycles. The summed E-state index contributed by atoms with van der Waals surface area (Å²) in [5.41, 5.74) is 0.837. The molecule has 1 atom stereocenters. The van der Waals surface area contributed by atoms with Crippen LogP contribution in [0.25, 0.3) is 11.2 Å². The third kappa shape index (κ3) is 4.37. The predicted molar refractivity (Wildman–Crippen MR) is 118 cm³/mol. The molecular formula is C22H28F2N6O2. The largest absolute Gasteiger partial charge is 0.393 e. The van der Waals surface area contributed by atoms with Crippen LogP contribution >= 0.6 is 0 Å². The van der Waals surface area contributed by atoms with Gasteiger partial charge in [-0.1, -0.05) is 13.5 Å². The van der Waals surface area contributed by atoms with Crippen molar-refractivity contribution in [2.24, 2.45) is 0 Å². The van der Waals surface area contributed by atoms with Crippen molar-refractivity contribution in [3.63, 3.8) is 0 Å². The number of aliphatic hydroxyl groups is 1. The number of aliphatic hydroxyl groups excluding tert-OH is 1. The van der Waals surface area contributed by atoms with Crippen LogP contribution in [0.4, 0.5) is 26.4 Å². The molecule has 1 aliphatic carbocycles. The number of halogens is 2. The molecule has 2 aliphatic rings. The molecule has 1 aromatic carbocycles. The summed E-state index contributed by atoms with van der Waals surface area (Å²) >= 11 is 0. The van der Waals surface area contributed by atoms with Gasteiger partial charge in [0, 0.05) is 12.6 Å². The van der Waals surface area contributed by atoms with Crippen molar-refractivity contribution >= 4 is 28.7 Å². The minimum atomic E-state index is -0.700. The summed E-state index contributed by atoms with van der Waals surface area (Å²) in [7, 11) is 0. The van der Waals surface area contributed by atoms with E-state index in [2.05, 4.69) is 25.6 Å². The Labute approximate surface area is 185 Å². The quantitative estimate of drug-likeness (QED) is 0.541. The number of nitrogens with zero attached hydrogens (tertiary/aromatic N) is 4. The summed E-state index contributed by atoms with van der Waals surface area (Å²) in [5.74, 6) is -0.636. The molecule has 2 aromatic heterocycles. The van der Waals surface area contributed by atoms with Crippen molar-refractivity contribution in [2.45, 2.75) is 57.7 Å². The second kappa shape index (κ2) is 9.33. The van der Waals surface area contributed by atoms with Crippen molar-refractivity contribution in [2.75, 3.05) is 23.8 Å². The van der Waals surface area contributed by atoms with E-state index in [4.69, 9.17) is 4.74 Å². The number of anilines is 3. The Hall–Kier alpha value is -2.85. The zero-order chi connectivity index (χ0) is 21.4. The van der Waals surface area contributed by atoms with Gasteiger partial charge >= 0.3 is 0 Å². The number of nitrogens with one attached hydrogen (secondary N) is 2. The van der Waals surface area contributed by atoms with Crippen LogP contribution in [0, 0.1) is 11.6 Å². The first kappa shape index (κ1) is 22.3. The van der Waals surface area contributed by atoms with E-state index >= 15 is 0 Å². The maximum atomic E-state index is 14.2. The van der Waals surface area contributed by atoms with Crippen molar-refractivity contribution in [1.29, 1.82) is 0 Å². The number of benzene rings is 1. The number of fused-ring (bicyclic) bond motifs is 1. The Morgan fingerprint density at radius 3 is 2.50 bits per heavy atom. The van der Waals surface area contributed by atoms with E-state index in [0.717, 1.165) is 32.1 Å². The molecule has 0 bridgehead atoms. The number of aromatic nitrogens is 4. The number of para-hydroxylation sites is 1. The summed E-state index contributed by atoms with van der Waals surface area (Å²) in [6.07, 6.45) is 5.30. The highest BCUT2D eigenvalue weighted by atomic mass is 19.1. The highest BCUT2D eigenvalue weighted by Gasteiger charge is 2.26. The lowest BCUT2D eigenvalue weighted by Gasteiger charge is -2.26. The van der Waals surface area contributed by atoms with Crippen LogP contribution < -0.4 is 10.6 Å². The van der Waals surface area contributed by atoms with Gasteiger partial charge in [-0.05, 0) is 44.2 Å². The van der Waals surface area contributed by atoms with Crippen molar-refractivity contribution < 1.29 is 18.6 Å². The normalized spacial score (nSPS) is 23.2. The standard InChI is InChI=1S/C21H24F2N6O2.CH4/c22-15-2-1-3-16(23)18(15)27-21-26-17-10-24-20(25-12-4-6-14(30)7-5-12)28-19(17)29(21)13-8-9-31-11-13;/h1-3,10,12-14,30H,4-9,11H2,(H,26,27)(H,24,25,28);1H4. The van der Waals surface area contributed by atoms with Crippen molar-refractivity contribution in [3.8, 4) is 0 Å². The monoisotopic (exact) mass is 446 g/mol. The number of hydrogen-bond donors (Lipinski definition) is 3. The second-order valence-corrected chi connectivity index (χ2v) is 8.10. The lowest BCUT2D eigenvalue weighted by Crippen LogP contribution is -2.29. The number of ether oxygens (including phenoxy) is 1. The second-order valence-electron chi connectivity index (χ2n) is 8.10. The molecule has 3 N–H and O–H groups in total. The maximum Gasteiger partial charge on any atom is 0.224 e. The van der Waals surface area contributed by atoms with Gasteiger partial charge in [-0.15, -0.1) is 0 Å². The van der Waals surface area contributed by atoms with Crippen molar-refractivity contribution in [3.05, 3.63) is 36.0 Å². The average molecular weight is 447 g/mol. The van der Waals surface area contributed by atoms with E-state index in [1.165, 1.54) is 18.2 Å². The Morgan fingerprint density at radius 2 is 1.81 bits per heavy atom. The zero-order valence-corrected chi connectivity index (χ0v) is 16.9. The number of rotatable bonds is 5. The van der Waals surface area contributed by atoms with Gasteiger partial charge in [0.25, 0.3) is 0 Å². The highest BCUT2D eigenvalue weighted by molar-refractivity contribution is 5.76. The molecule has 2 fully saturated rings. The summed E-state index contributed by atoms with van der Waals surface area (Å²) in [6.45, 7) is 1.06. The zero-order valence-electron chi connectivity index (χ0n) is 16.9. The third-order valence-corrected chi connectivity index (χ3v) is 5.93. The summed E-state index contributed by atoms with van der Waals surface area (Å²) in [5, 5.41) is 15.9. The van der Waals surface area contributed by atoms with E-state index in [1.807, 2.05) is 4.57 Å². The summed E-state index contributed by atoms with van der Waals surface area (Å²) in [6, 6.07) is 3.84. The Bertz CT molecular complexity index is 1060. The van der Waals surface area contributed by atoms with Crippen LogP contribution in [-0.2, 0) is 4.74 Å². The fraction of sp³-hybridized carbons (Fsp3) is 0.500. The smallest absolute Gasteiger partial charge is 0.224 e. The van der Waals surface area contributed by atoms with Crippen LogP contribution in [0.5, 0.6) is 0 Å². The van der Waals surface area contributed by atoms with Gasteiger partial charge in [0.05, 0.1) is 24.9 Å². The Kier molecular flexibility index (Phi) is 6.52. The minimum Gasteiger partial charge on any atom is -0.393 e. The van der Waals surface area contributed by atoms with E-state index in [0.29, 0.717) is 36.3 Å². The fourth-order valence-corrected chi connectivity index (χ4v) is 4.25. The maximum absolute atomic E-state index is 14.2. The molecule has 172 valence electrons. The SMILES string of the molecule is C.OC1CCC(Nc2ncc3nc(Nc4c(F)cccc4F)n(C4CCOC4)c3n2)CC1. The van der Waals surface area contributed by atoms with Crippen LogP contribution in [0.2, 0.25) is 0 Å². The molecule has 0 radical (unpaired) electrons. The first-order valence-electron chi connectivity index (χ1n) is 10.6. The molecule has 1 aliphatic heterocycles. The minimum absolute atomic E-state index is 0. The molecule has 0 spiro atoms. The van der Waals surface area contributed by atoms with Crippen LogP contribution in [0.15, 0.2) is 24.4 Å². The van der Waals surface area contributed by atoms with Gasteiger partial charge in [-0.2, -0.15) is 4.98 Å². The van der Waals surface area contributed by atoms with Crippen LogP contribution in [0.3, 0.4) is 0 Å². The van der Waals surface area contributed by atoms with Gasteiger partial charge < -0.3 is 20.5 Å². The van der Waals surface area contributed by atoms with Gasteiger partial charge in [0.2, 0.25) is 11.9 Å². The van der Waals surface area contributed by atoms with Crippen molar-refractivity contribution in [1.82, 2.24) is 19.5 Å². The highest BCUT2D eigenvalue weighted by Crippen LogP contribution is 2.32.